The molecule has 18 heavy (non-hydrogen) atoms. The van der Waals surface area contributed by atoms with Gasteiger partial charge >= 0.3 is 0 Å². The Bertz CT molecular complexity index is 369. The standard InChI is InChI=1S/C15H26N2O/c1-11(2)18-14-9-7-6-8-12(14)13(17-16)10-15(3,4)5/h6-9,11,13,17H,10,16H2,1-5H3. The van der Waals surface area contributed by atoms with Crippen LogP contribution in [0.3, 0.4) is 0 Å². The highest BCUT2D eigenvalue weighted by Gasteiger charge is 2.22. The first-order valence-electron chi connectivity index (χ1n) is 6.55. The lowest BCUT2D eigenvalue weighted by molar-refractivity contribution is 0.233. The van der Waals surface area contributed by atoms with Gasteiger partial charge in [-0.1, -0.05) is 39.0 Å². The van der Waals surface area contributed by atoms with Gasteiger partial charge in [-0.25, -0.2) is 0 Å². The number of hydrazine groups is 1. The normalized spacial score (nSPS) is 13.7. The maximum atomic E-state index is 5.85. The number of para-hydroxylation sites is 1. The maximum absolute atomic E-state index is 5.85. The predicted molar refractivity (Wildman–Crippen MR) is 76.3 cm³/mol. The van der Waals surface area contributed by atoms with E-state index in [2.05, 4.69) is 32.3 Å². The van der Waals surface area contributed by atoms with Crippen LogP contribution < -0.4 is 16.0 Å². The molecule has 0 fully saturated rings. The summed E-state index contributed by atoms with van der Waals surface area (Å²) >= 11 is 0. The van der Waals surface area contributed by atoms with E-state index in [0.717, 1.165) is 17.7 Å². The minimum Gasteiger partial charge on any atom is -0.491 e. The van der Waals surface area contributed by atoms with Crippen LogP contribution in [0.2, 0.25) is 0 Å². The van der Waals surface area contributed by atoms with Gasteiger partial charge in [0.25, 0.3) is 0 Å². The van der Waals surface area contributed by atoms with Crippen molar-refractivity contribution in [1.29, 1.82) is 0 Å². The second-order valence-electron chi connectivity index (χ2n) is 6.19. The molecule has 3 heteroatoms. The van der Waals surface area contributed by atoms with E-state index in [9.17, 15) is 0 Å². The van der Waals surface area contributed by atoms with Crippen LogP contribution in [-0.2, 0) is 0 Å². The molecule has 0 aliphatic heterocycles. The van der Waals surface area contributed by atoms with Crippen LogP contribution in [0.1, 0.15) is 52.6 Å². The van der Waals surface area contributed by atoms with Crippen molar-refractivity contribution in [2.75, 3.05) is 0 Å². The monoisotopic (exact) mass is 250 g/mol. The van der Waals surface area contributed by atoms with Crippen molar-refractivity contribution in [3.05, 3.63) is 29.8 Å². The summed E-state index contributed by atoms with van der Waals surface area (Å²) in [5.74, 6) is 6.62. The van der Waals surface area contributed by atoms with E-state index in [1.807, 2.05) is 32.0 Å². The molecule has 0 aliphatic carbocycles. The predicted octanol–water partition coefficient (Wildman–Crippen LogP) is 3.41. The van der Waals surface area contributed by atoms with Gasteiger partial charge in [-0.3, -0.25) is 11.3 Å². The molecule has 3 nitrogen and oxygen atoms in total. The Balaban J connectivity index is 2.97. The Hall–Kier alpha value is -1.06. The minimum absolute atomic E-state index is 0.111. The van der Waals surface area contributed by atoms with Gasteiger partial charge in [-0.2, -0.15) is 0 Å². The first-order valence-corrected chi connectivity index (χ1v) is 6.55. The third kappa shape index (κ3) is 4.67. The number of rotatable bonds is 5. The van der Waals surface area contributed by atoms with Gasteiger partial charge in [0.1, 0.15) is 5.75 Å². The van der Waals surface area contributed by atoms with E-state index in [1.54, 1.807) is 0 Å². The van der Waals surface area contributed by atoms with Crippen molar-refractivity contribution >= 4 is 0 Å². The molecule has 1 atom stereocenters. The number of nitrogens with two attached hydrogens (primary N) is 1. The van der Waals surface area contributed by atoms with Crippen LogP contribution in [0, 0.1) is 5.41 Å². The SMILES string of the molecule is CC(C)Oc1ccccc1C(CC(C)(C)C)NN. The summed E-state index contributed by atoms with van der Waals surface area (Å²) in [5, 5.41) is 0. The van der Waals surface area contributed by atoms with Crippen LogP contribution in [0.4, 0.5) is 0 Å². The Morgan fingerprint density at radius 1 is 1.22 bits per heavy atom. The highest BCUT2D eigenvalue weighted by molar-refractivity contribution is 5.36. The third-order valence-corrected chi connectivity index (χ3v) is 2.67. The van der Waals surface area contributed by atoms with Gasteiger partial charge in [0.15, 0.2) is 0 Å². The average molecular weight is 250 g/mol. The molecule has 1 aromatic carbocycles. The van der Waals surface area contributed by atoms with Gasteiger partial charge in [0, 0.05) is 5.56 Å². The summed E-state index contributed by atoms with van der Waals surface area (Å²) in [6, 6.07) is 8.21. The zero-order chi connectivity index (χ0) is 13.8. The van der Waals surface area contributed by atoms with Crippen molar-refractivity contribution in [2.24, 2.45) is 11.3 Å². The first kappa shape index (κ1) is 15.0. The third-order valence-electron chi connectivity index (χ3n) is 2.67. The van der Waals surface area contributed by atoms with E-state index in [-0.39, 0.29) is 17.6 Å². The Morgan fingerprint density at radius 3 is 2.33 bits per heavy atom. The lowest BCUT2D eigenvalue weighted by atomic mass is 9.85. The van der Waals surface area contributed by atoms with E-state index in [4.69, 9.17) is 10.6 Å². The fourth-order valence-electron chi connectivity index (χ4n) is 2.00. The molecule has 0 aromatic heterocycles. The van der Waals surface area contributed by atoms with Crippen LogP contribution in [0.25, 0.3) is 0 Å². The fourth-order valence-corrected chi connectivity index (χ4v) is 2.00. The first-order chi connectivity index (χ1) is 8.33. The molecule has 0 saturated carbocycles. The summed E-state index contributed by atoms with van der Waals surface area (Å²) in [5.41, 5.74) is 4.25. The van der Waals surface area contributed by atoms with Crippen molar-refractivity contribution < 1.29 is 4.74 Å². The number of hydrogen-bond donors (Lipinski definition) is 2. The minimum atomic E-state index is 0.111. The summed E-state index contributed by atoms with van der Waals surface area (Å²) < 4.78 is 5.85. The molecular weight excluding hydrogens is 224 g/mol. The molecule has 102 valence electrons. The van der Waals surface area contributed by atoms with Crippen LogP contribution in [-0.4, -0.2) is 6.10 Å². The molecule has 0 bridgehead atoms. The number of hydrogen-bond acceptors (Lipinski definition) is 3. The quantitative estimate of drug-likeness (QED) is 0.622. The smallest absolute Gasteiger partial charge is 0.124 e. The summed E-state index contributed by atoms with van der Waals surface area (Å²) in [4.78, 5) is 0. The maximum Gasteiger partial charge on any atom is 0.124 e. The molecular formula is C15H26N2O. The Morgan fingerprint density at radius 2 is 1.83 bits per heavy atom. The van der Waals surface area contributed by atoms with E-state index in [1.165, 1.54) is 0 Å². The second kappa shape index (κ2) is 6.21. The van der Waals surface area contributed by atoms with Gasteiger partial charge in [-0.15, -0.1) is 0 Å². The zero-order valence-electron chi connectivity index (χ0n) is 12.2. The Kier molecular flexibility index (Phi) is 5.17. The topological polar surface area (TPSA) is 47.3 Å². The molecule has 3 N–H and O–H groups in total. The number of benzene rings is 1. The molecule has 1 rings (SSSR count). The molecule has 0 heterocycles. The molecule has 0 saturated heterocycles. The van der Waals surface area contributed by atoms with Crippen LogP contribution >= 0.6 is 0 Å². The van der Waals surface area contributed by atoms with Crippen LogP contribution in [0.5, 0.6) is 5.75 Å². The van der Waals surface area contributed by atoms with E-state index < -0.39 is 0 Å². The zero-order valence-corrected chi connectivity index (χ0v) is 12.2. The van der Waals surface area contributed by atoms with Gasteiger partial charge in [0.2, 0.25) is 0 Å². The van der Waals surface area contributed by atoms with Gasteiger partial charge in [0.05, 0.1) is 12.1 Å². The van der Waals surface area contributed by atoms with Crippen molar-refractivity contribution in [1.82, 2.24) is 5.43 Å². The average Bonchev–Trinajstić information content (AvgIpc) is 2.25. The highest BCUT2D eigenvalue weighted by atomic mass is 16.5. The molecule has 0 spiro atoms. The molecule has 0 aliphatic rings. The highest BCUT2D eigenvalue weighted by Crippen LogP contribution is 2.33. The van der Waals surface area contributed by atoms with Crippen molar-refractivity contribution in [3.8, 4) is 5.75 Å². The summed E-state index contributed by atoms with van der Waals surface area (Å²) in [7, 11) is 0. The molecule has 0 radical (unpaired) electrons. The number of nitrogens with one attached hydrogen (secondary N) is 1. The second-order valence-corrected chi connectivity index (χ2v) is 6.19. The summed E-state index contributed by atoms with van der Waals surface area (Å²) in [6.07, 6.45) is 1.13. The Labute approximate surface area is 111 Å². The van der Waals surface area contributed by atoms with E-state index >= 15 is 0 Å². The van der Waals surface area contributed by atoms with Crippen molar-refractivity contribution in [3.63, 3.8) is 0 Å². The largest absolute Gasteiger partial charge is 0.491 e. The molecule has 0 amide bonds. The van der Waals surface area contributed by atoms with Crippen LogP contribution in [0.15, 0.2) is 24.3 Å². The fraction of sp³-hybridized carbons (Fsp3) is 0.600. The lowest BCUT2D eigenvalue weighted by Crippen LogP contribution is -2.31. The van der Waals surface area contributed by atoms with Crippen molar-refractivity contribution in [2.45, 2.75) is 53.2 Å². The molecule has 1 aromatic rings. The summed E-state index contributed by atoms with van der Waals surface area (Å²) in [6.45, 7) is 10.7. The van der Waals surface area contributed by atoms with Gasteiger partial charge < -0.3 is 4.74 Å². The lowest BCUT2D eigenvalue weighted by Gasteiger charge is -2.27. The molecule has 1 unspecified atom stereocenters. The van der Waals surface area contributed by atoms with E-state index in [0.29, 0.717) is 0 Å². The number of ether oxygens (including phenoxy) is 1. The van der Waals surface area contributed by atoms with Gasteiger partial charge in [-0.05, 0) is 31.7 Å².